The van der Waals surface area contributed by atoms with Gasteiger partial charge in [0, 0.05) is 21.8 Å². The van der Waals surface area contributed by atoms with E-state index in [9.17, 15) is 13.2 Å². The SMILES string of the molecule is COc1ccc(S(=O)(=O)N[C@H](Cc2ccccc2)C(=O)Nc2cc(Cl)cc(Cl)c2)cc1OC. The van der Waals surface area contributed by atoms with Gasteiger partial charge in [-0.2, -0.15) is 4.72 Å². The molecule has 0 aliphatic rings. The molecule has 0 spiro atoms. The number of benzene rings is 3. The Morgan fingerprint density at radius 3 is 2.15 bits per heavy atom. The first-order valence-electron chi connectivity index (χ1n) is 9.77. The second-order valence-electron chi connectivity index (χ2n) is 7.03. The maximum absolute atomic E-state index is 13.1. The zero-order valence-electron chi connectivity index (χ0n) is 17.8. The molecule has 3 aromatic rings. The molecule has 0 aromatic heterocycles. The van der Waals surface area contributed by atoms with Crippen molar-refractivity contribution in [2.24, 2.45) is 0 Å². The first-order chi connectivity index (χ1) is 15.7. The second kappa shape index (κ2) is 10.9. The van der Waals surface area contributed by atoms with Crippen LogP contribution in [0, 0.1) is 0 Å². The Labute approximate surface area is 202 Å². The number of carbonyl (C=O) groups is 1. The molecule has 0 saturated carbocycles. The topological polar surface area (TPSA) is 93.7 Å². The van der Waals surface area contributed by atoms with Gasteiger partial charge in [-0.3, -0.25) is 4.79 Å². The average Bonchev–Trinajstić information content (AvgIpc) is 2.78. The van der Waals surface area contributed by atoms with Gasteiger partial charge < -0.3 is 14.8 Å². The standard InChI is InChI=1S/C23H22Cl2N2O5S/c1-31-21-9-8-19(14-22(21)32-2)33(29,30)27-20(10-15-6-4-3-5-7-15)23(28)26-18-12-16(24)11-17(25)13-18/h3-9,11-14,20,27H,10H2,1-2H3,(H,26,28)/t20-/m1/s1. The molecule has 0 saturated heterocycles. The summed E-state index contributed by atoms with van der Waals surface area (Å²) in [6.45, 7) is 0. The number of hydrogen-bond acceptors (Lipinski definition) is 5. The third kappa shape index (κ3) is 6.61. The van der Waals surface area contributed by atoms with Crippen LogP contribution in [0.5, 0.6) is 11.5 Å². The number of ether oxygens (including phenoxy) is 2. The van der Waals surface area contributed by atoms with E-state index in [0.29, 0.717) is 21.5 Å². The monoisotopic (exact) mass is 508 g/mol. The molecular formula is C23H22Cl2N2O5S. The lowest BCUT2D eigenvalue weighted by Gasteiger charge is -2.19. The van der Waals surface area contributed by atoms with E-state index in [-0.39, 0.29) is 17.1 Å². The van der Waals surface area contributed by atoms with Gasteiger partial charge in [0.2, 0.25) is 15.9 Å². The maximum atomic E-state index is 13.1. The molecule has 0 unspecified atom stereocenters. The quantitative estimate of drug-likeness (QED) is 0.442. The van der Waals surface area contributed by atoms with E-state index < -0.39 is 22.0 Å². The van der Waals surface area contributed by atoms with E-state index in [1.807, 2.05) is 18.2 Å². The molecule has 3 rings (SSSR count). The number of hydrogen-bond donors (Lipinski definition) is 2. The van der Waals surface area contributed by atoms with Crippen molar-refractivity contribution in [3.05, 3.63) is 82.3 Å². The molecule has 0 fully saturated rings. The van der Waals surface area contributed by atoms with Crippen LogP contribution in [0.2, 0.25) is 10.0 Å². The summed E-state index contributed by atoms with van der Waals surface area (Å²) in [5.74, 6) is 0.0621. The van der Waals surface area contributed by atoms with Crippen molar-refractivity contribution < 1.29 is 22.7 Å². The molecule has 0 aliphatic carbocycles. The summed E-state index contributed by atoms with van der Waals surface area (Å²) in [7, 11) is -1.23. The van der Waals surface area contributed by atoms with Crippen LogP contribution in [0.1, 0.15) is 5.56 Å². The van der Waals surface area contributed by atoms with E-state index >= 15 is 0 Å². The van der Waals surface area contributed by atoms with Gasteiger partial charge >= 0.3 is 0 Å². The minimum absolute atomic E-state index is 0.0724. The van der Waals surface area contributed by atoms with Gasteiger partial charge in [0.1, 0.15) is 6.04 Å². The van der Waals surface area contributed by atoms with Gasteiger partial charge in [-0.25, -0.2) is 8.42 Å². The number of nitrogens with one attached hydrogen (secondary N) is 2. The smallest absolute Gasteiger partial charge is 0.242 e. The fourth-order valence-electron chi connectivity index (χ4n) is 3.13. The number of anilines is 1. The molecule has 3 aromatic carbocycles. The highest BCUT2D eigenvalue weighted by Crippen LogP contribution is 2.29. The molecule has 174 valence electrons. The van der Waals surface area contributed by atoms with Crippen molar-refractivity contribution in [2.45, 2.75) is 17.4 Å². The van der Waals surface area contributed by atoms with Gasteiger partial charge in [-0.15, -0.1) is 0 Å². The van der Waals surface area contributed by atoms with Crippen LogP contribution >= 0.6 is 23.2 Å². The van der Waals surface area contributed by atoms with Crippen molar-refractivity contribution in [1.29, 1.82) is 0 Å². The number of methoxy groups -OCH3 is 2. The number of carbonyl (C=O) groups excluding carboxylic acids is 1. The summed E-state index contributed by atoms with van der Waals surface area (Å²) in [5, 5.41) is 3.35. The number of halogens is 2. The average molecular weight is 509 g/mol. The molecule has 10 heteroatoms. The summed E-state index contributed by atoms with van der Waals surface area (Å²) >= 11 is 12.0. The first-order valence-corrected chi connectivity index (χ1v) is 12.0. The van der Waals surface area contributed by atoms with Crippen LogP contribution < -0.4 is 19.5 Å². The van der Waals surface area contributed by atoms with Crippen LogP contribution in [-0.4, -0.2) is 34.6 Å². The summed E-state index contributed by atoms with van der Waals surface area (Å²) in [6.07, 6.45) is 0.119. The van der Waals surface area contributed by atoms with Crippen molar-refractivity contribution >= 4 is 44.8 Å². The van der Waals surface area contributed by atoms with Gasteiger partial charge in [0.25, 0.3) is 0 Å². The van der Waals surface area contributed by atoms with Gasteiger partial charge in [0.05, 0.1) is 19.1 Å². The van der Waals surface area contributed by atoms with Crippen molar-refractivity contribution in [2.75, 3.05) is 19.5 Å². The number of rotatable bonds is 9. The Kier molecular flexibility index (Phi) is 8.20. The number of sulfonamides is 1. The highest BCUT2D eigenvalue weighted by atomic mass is 35.5. The molecular weight excluding hydrogens is 487 g/mol. The Bertz CT molecular complexity index is 1220. The predicted octanol–water partition coefficient (Wildman–Crippen LogP) is 4.54. The highest BCUT2D eigenvalue weighted by Gasteiger charge is 2.27. The molecule has 33 heavy (non-hydrogen) atoms. The summed E-state index contributed by atoms with van der Waals surface area (Å²) in [6, 6.07) is 16.7. The van der Waals surface area contributed by atoms with Crippen molar-refractivity contribution in [3.63, 3.8) is 0 Å². The number of amides is 1. The van der Waals surface area contributed by atoms with Gasteiger partial charge in [-0.05, 0) is 42.3 Å². The van der Waals surface area contributed by atoms with Gasteiger partial charge in [-0.1, -0.05) is 53.5 Å². The van der Waals surface area contributed by atoms with Crippen LogP contribution in [0.4, 0.5) is 5.69 Å². The maximum Gasteiger partial charge on any atom is 0.242 e. The Morgan fingerprint density at radius 2 is 1.55 bits per heavy atom. The molecule has 1 atom stereocenters. The zero-order valence-corrected chi connectivity index (χ0v) is 20.2. The van der Waals surface area contributed by atoms with E-state index in [2.05, 4.69) is 10.0 Å². The highest BCUT2D eigenvalue weighted by molar-refractivity contribution is 7.89. The molecule has 7 nitrogen and oxygen atoms in total. The molecule has 0 bridgehead atoms. The van der Waals surface area contributed by atoms with E-state index in [1.165, 1.54) is 50.6 Å². The molecule has 0 aliphatic heterocycles. The third-order valence-corrected chi connectivity index (χ3v) is 6.60. The molecule has 2 N–H and O–H groups in total. The lowest BCUT2D eigenvalue weighted by atomic mass is 10.1. The summed E-state index contributed by atoms with van der Waals surface area (Å²) < 4.78 is 39.1. The minimum Gasteiger partial charge on any atom is -0.493 e. The van der Waals surface area contributed by atoms with E-state index in [1.54, 1.807) is 12.1 Å². The lowest BCUT2D eigenvalue weighted by Crippen LogP contribution is -2.45. The Hall–Kier alpha value is -2.78. The fraction of sp³-hybridized carbons (Fsp3) is 0.174. The van der Waals surface area contributed by atoms with Gasteiger partial charge in [0.15, 0.2) is 11.5 Å². The van der Waals surface area contributed by atoms with Crippen LogP contribution in [-0.2, 0) is 21.2 Å². The molecule has 1 amide bonds. The fourth-order valence-corrected chi connectivity index (χ4v) is 4.87. The van der Waals surface area contributed by atoms with Crippen molar-refractivity contribution in [1.82, 2.24) is 4.72 Å². The molecule has 0 heterocycles. The summed E-state index contributed by atoms with van der Waals surface area (Å²) in [5.41, 5.74) is 1.12. The Morgan fingerprint density at radius 1 is 0.909 bits per heavy atom. The minimum atomic E-state index is -4.09. The molecule has 0 radical (unpaired) electrons. The normalized spacial score (nSPS) is 12.1. The van der Waals surface area contributed by atoms with E-state index in [4.69, 9.17) is 32.7 Å². The first kappa shape index (κ1) is 24.9. The Balaban J connectivity index is 1.91. The van der Waals surface area contributed by atoms with Crippen LogP contribution in [0.25, 0.3) is 0 Å². The van der Waals surface area contributed by atoms with Crippen LogP contribution in [0.3, 0.4) is 0 Å². The predicted molar refractivity (Wildman–Crippen MR) is 129 cm³/mol. The van der Waals surface area contributed by atoms with Crippen molar-refractivity contribution in [3.8, 4) is 11.5 Å². The summed E-state index contributed by atoms with van der Waals surface area (Å²) in [4.78, 5) is 13.0. The second-order valence-corrected chi connectivity index (χ2v) is 9.61. The lowest BCUT2D eigenvalue weighted by molar-refractivity contribution is -0.117. The third-order valence-electron chi connectivity index (χ3n) is 4.69. The van der Waals surface area contributed by atoms with Crippen LogP contribution in [0.15, 0.2) is 71.6 Å². The largest absolute Gasteiger partial charge is 0.493 e. The van der Waals surface area contributed by atoms with E-state index in [0.717, 1.165) is 5.56 Å². The zero-order chi connectivity index (χ0) is 24.0.